The quantitative estimate of drug-likeness (QED) is 0.0917. The summed E-state index contributed by atoms with van der Waals surface area (Å²) in [6.07, 6.45) is 0. The zero-order valence-corrected chi connectivity index (χ0v) is 28.4. The molecule has 0 bridgehead atoms. The van der Waals surface area contributed by atoms with Crippen LogP contribution in [0, 0.1) is 18.6 Å². The molecule has 240 valence electrons. The van der Waals surface area contributed by atoms with Crippen LogP contribution in [0.5, 0.6) is 0 Å². The molecule has 0 saturated carbocycles. The Morgan fingerprint density at radius 1 is 0.729 bits per heavy atom. The summed E-state index contributed by atoms with van der Waals surface area (Å²) in [5, 5.41) is 0.434. The molecule has 6 rings (SSSR count). The fourth-order valence-electron chi connectivity index (χ4n) is 5.12. The molecule has 0 saturated heterocycles. The summed E-state index contributed by atoms with van der Waals surface area (Å²) in [5.74, 6) is -1.02. The monoisotopic (exact) mass is 715 g/mol. The highest BCUT2D eigenvalue weighted by Gasteiger charge is 2.35. The molecule has 1 unspecified atom stereocenters. The van der Waals surface area contributed by atoms with Crippen LogP contribution in [0.1, 0.15) is 21.5 Å². The van der Waals surface area contributed by atoms with Crippen molar-refractivity contribution in [3.8, 4) is 11.1 Å². The summed E-state index contributed by atoms with van der Waals surface area (Å²) in [6.45, 7) is 1.82. The molecule has 1 atom stereocenters. The third-order valence-corrected chi connectivity index (χ3v) is 12.3. The number of benzene rings is 6. The highest BCUT2D eigenvalue weighted by molar-refractivity contribution is 7.99. The standard InChI is InChI=1S/C38H25ClF2O4S3/c1-24-7-18-32(48(43,44)45)23-37(24)47(31-16-11-28(40)12-17-31)36-20-13-29(41)22-33(36)25-8-14-30(15-9-25)46-35-19-10-27(21-34(35)39)38(42)26-5-3-2-4-6-26/h2-23H,1H3/p+1. The lowest BCUT2D eigenvalue weighted by molar-refractivity contribution is 0.103. The van der Waals surface area contributed by atoms with E-state index in [1.807, 2.05) is 37.3 Å². The van der Waals surface area contributed by atoms with Crippen molar-refractivity contribution in [3.05, 3.63) is 167 Å². The van der Waals surface area contributed by atoms with E-state index in [1.165, 1.54) is 48.2 Å². The zero-order chi connectivity index (χ0) is 34.0. The van der Waals surface area contributed by atoms with E-state index in [9.17, 15) is 26.5 Å². The van der Waals surface area contributed by atoms with E-state index >= 15 is 0 Å². The second-order valence-electron chi connectivity index (χ2n) is 10.8. The van der Waals surface area contributed by atoms with Crippen molar-refractivity contribution in [2.24, 2.45) is 0 Å². The maximum atomic E-state index is 14.9. The van der Waals surface area contributed by atoms with Gasteiger partial charge in [-0.3, -0.25) is 9.35 Å². The number of carbonyl (C=O) groups excluding carboxylic acids is 1. The Kier molecular flexibility index (Phi) is 9.87. The Balaban J connectivity index is 1.36. The molecule has 0 amide bonds. The number of carbonyl (C=O) groups is 1. The minimum atomic E-state index is -4.51. The number of hydrogen-bond donors (Lipinski definition) is 1. The van der Waals surface area contributed by atoms with Gasteiger partial charge in [0.25, 0.3) is 10.1 Å². The van der Waals surface area contributed by atoms with Gasteiger partial charge in [0.2, 0.25) is 0 Å². The summed E-state index contributed by atoms with van der Waals surface area (Å²) < 4.78 is 62.9. The Bertz CT molecular complexity index is 2240. The van der Waals surface area contributed by atoms with Crippen molar-refractivity contribution in [1.29, 1.82) is 0 Å². The molecule has 48 heavy (non-hydrogen) atoms. The van der Waals surface area contributed by atoms with E-state index in [-0.39, 0.29) is 10.7 Å². The Morgan fingerprint density at radius 2 is 1.42 bits per heavy atom. The molecule has 0 aliphatic rings. The Labute approximate surface area is 289 Å². The highest BCUT2D eigenvalue weighted by atomic mass is 35.5. The predicted molar refractivity (Wildman–Crippen MR) is 187 cm³/mol. The molecule has 4 nitrogen and oxygen atoms in total. The number of ketones is 1. The van der Waals surface area contributed by atoms with Gasteiger partial charge in [0, 0.05) is 38.1 Å². The summed E-state index contributed by atoms with van der Waals surface area (Å²) in [6, 6.07) is 36.3. The molecule has 0 aliphatic carbocycles. The molecule has 0 heterocycles. The van der Waals surface area contributed by atoms with Crippen molar-refractivity contribution >= 4 is 50.2 Å². The van der Waals surface area contributed by atoms with Crippen LogP contribution in [0.3, 0.4) is 0 Å². The van der Waals surface area contributed by atoms with E-state index in [1.54, 1.807) is 66.7 Å². The van der Waals surface area contributed by atoms with Gasteiger partial charge in [-0.2, -0.15) is 8.42 Å². The Morgan fingerprint density at radius 3 is 2.08 bits per heavy atom. The van der Waals surface area contributed by atoms with Crippen LogP contribution >= 0.6 is 23.4 Å². The number of rotatable bonds is 9. The SMILES string of the molecule is Cc1ccc(S(=O)(=O)O)cc1[S+](c1ccc(F)cc1)c1ccc(F)cc1-c1ccc(Sc2ccc(C(=O)c3ccccc3)cc2Cl)cc1. The fourth-order valence-corrected chi connectivity index (χ4v) is 9.21. The van der Waals surface area contributed by atoms with Crippen LogP contribution in [-0.2, 0) is 21.0 Å². The topological polar surface area (TPSA) is 71.4 Å². The van der Waals surface area contributed by atoms with Gasteiger partial charge < -0.3 is 0 Å². The molecule has 6 aromatic carbocycles. The maximum absolute atomic E-state index is 14.9. The minimum absolute atomic E-state index is 0.121. The van der Waals surface area contributed by atoms with Crippen LogP contribution in [0.4, 0.5) is 8.78 Å². The van der Waals surface area contributed by atoms with Gasteiger partial charge in [-0.25, -0.2) is 8.78 Å². The number of hydrogen-bond acceptors (Lipinski definition) is 4. The van der Waals surface area contributed by atoms with Gasteiger partial charge in [0.1, 0.15) is 22.5 Å². The minimum Gasteiger partial charge on any atom is -0.289 e. The lowest BCUT2D eigenvalue weighted by atomic mass is 10.0. The van der Waals surface area contributed by atoms with E-state index in [2.05, 4.69) is 0 Å². The summed E-state index contributed by atoms with van der Waals surface area (Å²) in [4.78, 5) is 16.1. The average molecular weight is 716 g/mol. The Hall–Kier alpha value is -4.25. The third-order valence-electron chi connectivity index (χ3n) is 7.51. The summed E-state index contributed by atoms with van der Waals surface area (Å²) in [7, 11) is -5.53. The molecule has 10 heteroatoms. The van der Waals surface area contributed by atoms with Crippen molar-refractivity contribution in [3.63, 3.8) is 0 Å². The first-order valence-corrected chi connectivity index (χ1v) is 18.4. The van der Waals surface area contributed by atoms with E-state index < -0.39 is 32.6 Å². The van der Waals surface area contributed by atoms with Gasteiger partial charge in [0.05, 0.1) is 9.92 Å². The van der Waals surface area contributed by atoms with E-state index in [0.29, 0.717) is 42.0 Å². The predicted octanol–water partition coefficient (Wildman–Crippen LogP) is 10.3. The van der Waals surface area contributed by atoms with Crippen LogP contribution in [0.15, 0.2) is 163 Å². The average Bonchev–Trinajstić information content (AvgIpc) is 3.08. The van der Waals surface area contributed by atoms with Crippen molar-refractivity contribution in [1.82, 2.24) is 0 Å². The molecular formula is C38H26ClF2O4S3+. The maximum Gasteiger partial charge on any atom is 0.294 e. The molecule has 0 spiro atoms. The number of halogens is 3. The van der Waals surface area contributed by atoms with Crippen LogP contribution in [-0.4, -0.2) is 18.8 Å². The first-order chi connectivity index (χ1) is 23.0. The third kappa shape index (κ3) is 7.41. The lowest BCUT2D eigenvalue weighted by Gasteiger charge is -2.15. The number of aryl methyl sites for hydroxylation is 1. The summed E-state index contributed by atoms with van der Waals surface area (Å²) >= 11 is 8.02. The molecule has 1 N–H and O–H groups in total. The molecule has 0 radical (unpaired) electrons. The van der Waals surface area contributed by atoms with Crippen LogP contribution < -0.4 is 0 Å². The van der Waals surface area contributed by atoms with Crippen LogP contribution in [0.2, 0.25) is 5.02 Å². The lowest BCUT2D eigenvalue weighted by Crippen LogP contribution is -2.10. The molecule has 0 aromatic heterocycles. The molecule has 6 aromatic rings. The van der Waals surface area contributed by atoms with E-state index in [0.717, 1.165) is 15.4 Å². The van der Waals surface area contributed by atoms with Gasteiger partial charge in [0.15, 0.2) is 20.5 Å². The van der Waals surface area contributed by atoms with Gasteiger partial charge in [-0.05, 0) is 91.3 Å². The fraction of sp³-hybridized carbons (Fsp3) is 0.0263. The molecule has 0 aliphatic heterocycles. The van der Waals surface area contributed by atoms with Crippen molar-refractivity contribution in [2.75, 3.05) is 0 Å². The van der Waals surface area contributed by atoms with Gasteiger partial charge in [-0.1, -0.05) is 71.9 Å². The zero-order valence-electron chi connectivity index (χ0n) is 25.2. The normalized spacial score (nSPS) is 12.1. The van der Waals surface area contributed by atoms with Crippen molar-refractivity contribution in [2.45, 2.75) is 36.3 Å². The van der Waals surface area contributed by atoms with Gasteiger partial charge in [-0.15, -0.1) is 0 Å². The highest BCUT2D eigenvalue weighted by Crippen LogP contribution is 2.41. The smallest absolute Gasteiger partial charge is 0.289 e. The molecular weight excluding hydrogens is 690 g/mol. The first kappa shape index (κ1) is 33.6. The van der Waals surface area contributed by atoms with Crippen LogP contribution in [0.25, 0.3) is 11.1 Å². The molecule has 0 fully saturated rings. The second-order valence-corrected chi connectivity index (χ2v) is 15.7. The van der Waals surface area contributed by atoms with Crippen molar-refractivity contribution < 1.29 is 26.5 Å². The summed E-state index contributed by atoms with van der Waals surface area (Å²) in [5.41, 5.74) is 3.07. The largest absolute Gasteiger partial charge is 0.294 e. The second kappa shape index (κ2) is 14.1. The van der Waals surface area contributed by atoms with Gasteiger partial charge >= 0.3 is 0 Å². The first-order valence-electron chi connectivity index (χ1n) is 14.5. The van der Waals surface area contributed by atoms with E-state index in [4.69, 9.17) is 11.6 Å².